The Morgan fingerprint density at radius 2 is 2.36 bits per heavy atom. The maximum absolute atomic E-state index is 9.31. The molecule has 14 heavy (non-hydrogen) atoms. The van der Waals surface area contributed by atoms with E-state index >= 15 is 0 Å². The Bertz CT molecular complexity index is 278. The number of aryl methyl sites for hydroxylation is 1. The predicted octanol–water partition coefficient (Wildman–Crippen LogP) is 1.36. The quantitative estimate of drug-likeness (QED) is 0.744. The third kappa shape index (κ3) is 3.70. The molecule has 0 saturated carbocycles. The fraction of sp³-hybridized carbons (Fsp3) is 0.600. The van der Waals surface area contributed by atoms with Crippen molar-refractivity contribution in [3.8, 4) is 0 Å². The van der Waals surface area contributed by atoms with Crippen molar-refractivity contribution < 1.29 is 5.11 Å². The van der Waals surface area contributed by atoms with E-state index in [4.69, 9.17) is 0 Å². The molecule has 0 saturated heterocycles. The van der Waals surface area contributed by atoms with Gasteiger partial charge in [0.25, 0.3) is 0 Å². The standard InChI is InChI=1S/C10H17N3O/c1-3-9(14)5-7-12-10-11-6-4-8(2)13-10/h4,6,9,14H,3,5,7H2,1-2H3,(H,11,12,13). The Morgan fingerprint density at radius 1 is 1.57 bits per heavy atom. The average molecular weight is 195 g/mol. The van der Waals surface area contributed by atoms with Crippen molar-refractivity contribution in [2.24, 2.45) is 0 Å². The number of rotatable bonds is 5. The Morgan fingerprint density at radius 3 is 3.00 bits per heavy atom. The summed E-state index contributed by atoms with van der Waals surface area (Å²) in [5, 5.41) is 12.4. The highest BCUT2D eigenvalue weighted by Gasteiger charge is 2.00. The third-order valence-electron chi connectivity index (χ3n) is 2.03. The van der Waals surface area contributed by atoms with Gasteiger partial charge in [0.2, 0.25) is 5.95 Å². The summed E-state index contributed by atoms with van der Waals surface area (Å²) in [5.41, 5.74) is 0.943. The third-order valence-corrected chi connectivity index (χ3v) is 2.03. The summed E-state index contributed by atoms with van der Waals surface area (Å²) in [4.78, 5) is 8.25. The van der Waals surface area contributed by atoms with Crippen molar-refractivity contribution >= 4 is 5.95 Å². The molecule has 4 heteroatoms. The van der Waals surface area contributed by atoms with Gasteiger partial charge in [0, 0.05) is 18.4 Å². The van der Waals surface area contributed by atoms with E-state index in [0.717, 1.165) is 18.5 Å². The van der Waals surface area contributed by atoms with Crippen LogP contribution in [0.3, 0.4) is 0 Å². The van der Waals surface area contributed by atoms with Crippen molar-refractivity contribution in [1.82, 2.24) is 9.97 Å². The lowest BCUT2D eigenvalue weighted by Crippen LogP contribution is -2.13. The van der Waals surface area contributed by atoms with E-state index in [0.29, 0.717) is 12.5 Å². The van der Waals surface area contributed by atoms with Gasteiger partial charge in [0.15, 0.2) is 0 Å². The topological polar surface area (TPSA) is 58.0 Å². The summed E-state index contributed by atoms with van der Waals surface area (Å²) in [7, 11) is 0. The summed E-state index contributed by atoms with van der Waals surface area (Å²) in [6, 6.07) is 1.85. The molecule has 0 amide bonds. The first kappa shape index (κ1) is 10.9. The Hall–Kier alpha value is -1.16. The SMILES string of the molecule is CCC(O)CCNc1nccc(C)n1. The minimum Gasteiger partial charge on any atom is -0.393 e. The molecule has 0 aliphatic heterocycles. The van der Waals surface area contributed by atoms with Crippen LogP contribution in [0.1, 0.15) is 25.5 Å². The highest BCUT2D eigenvalue weighted by atomic mass is 16.3. The molecule has 0 spiro atoms. The van der Waals surface area contributed by atoms with Crippen LogP contribution in [-0.2, 0) is 0 Å². The van der Waals surface area contributed by atoms with Gasteiger partial charge in [-0.2, -0.15) is 0 Å². The van der Waals surface area contributed by atoms with Crippen molar-refractivity contribution in [2.75, 3.05) is 11.9 Å². The van der Waals surface area contributed by atoms with Crippen LogP contribution in [0.15, 0.2) is 12.3 Å². The molecule has 1 heterocycles. The monoisotopic (exact) mass is 195 g/mol. The van der Waals surface area contributed by atoms with Crippen molar-refractivity contribution in [3.63, 3.8) is 0 Å². The van der Waals surface area contributed by atoms with Crippen LogP contribution in [0.5, 0.6) is 0 Å². The van der Waals surface area contributed by atoms with Crippen LogP contribution >= 0.6 is 0 Å². The molecule has 0 aliphatic carbocycles. The summed E-state index contributed by atoms with van der Waals surface area (Å²) < 4.78 is 0. The number of aromatic nitrogens is 2. The highest BCUT2D eigenvalue weighted by molar-refractivity contribution is 5.24. The lowest BCUT2D eigenvalue weighted by atomic mass is 10.2. The fourth-order valence-electron chi connectivity index (χ4n) is 1.09. The van der Waals surface area contributed by atoms with Crippen molar-refractivity contribution in [1.29, 1.82) is 0 Å². The largest absolute Gasteiger partial charge is 0.393 e. The molecule has 4 nitrogen and oxygen atoms in total. The summed E-state index contributed by atoms with van der Waals surface area (Å²) >= 11 is 0. The first-order chi connectivity index (χ1) is 6.72. The second-order valence-electron chi connectivity index (χ2n) is 3.30. The fourth-order valence-corrected chi connectivity index (χ4v) is 1.09. The van der Waals surface area contributed by atoms with Crippen LogP contribution in [0, 0.1) is 6.92 Å². The number of aliphatic hydroxyl groups is 1. The normalized spacial score (nSPS) is 12.5. The lowest BCUT2D eigenvalue weighted by molar-refractivity contribution is 0.164. The van der Waals surface area contributed by atoms with Gasteiger partial charge in [0.1, 0.15) is 0 Å². The molecule has 1 atom stereocenters. The second kappa shape index (κ2) is 5.54. The molecule has 1 unspecified atom stereocenters. The van der Waals surface area contributed by atoms with Crippen LogP contribution in [0.2, 0.25) is 0 Å². The maximum atomic E-state index is 9.31. The van der Waals surface area contributed by atoms with Crippen molar-refractivity contribution in [3.05, 3.63) is 18.0 Å². The predicted molar refractivity (Wildman–Crippen MR) is 56.2 cm³/mol. The molecular formula is C10H17N3O. The molecular weight excluding hydrogens is 178 g/mol. The molecule has 0 aliphatic rings. The number of nitrogens with zero attached hydrogens (tertiary/aromatic N) is 2. The minimum absolute atomic E-state index is 0.229. The van der Waals surface area contributed by atoms with E-state index < -0.39 is 0 Å². The second-order valence-corrected chi connectivity index (χ2v) is 3.30. The zero-order valence-corrected chi connectivity index (χ0v) is 8.70. The van der Waals surface area contributed by atoms with E-state index in [1.54, 1.807) is 6.20 Å². The smallest absolute Gasteiger partial charge is 0.222 e. The Kier molecular flexibility index (Phi) is 4.32. The molecule has 0 bridgehead atoms. The number of anilines is 1. The van der Waals surface area contributed by atoms with Crippen LogP contribution in [-0.4, -0.2) is 27.7 Å². The van der Waals surface area contributed by atoms with Gasteiger partial charge in [-0.25, -0.2) is 9.97 Å². The van der Waals surface area contributed by atoms with Gasteiger partial charge in [0.05, 0.1) is 6.10 Å². The van der Waals surface area contributed by atoms with Gasteiger partial charge in [-0.15, -0.1) is 0 Å². The first-order valence-corrected chi connectivity index (χ1v) is 4.94. The number of hydrogen-bond acceptors (Lipinski definition) is 4. The van der Waals surface area contributed by atoms with Gasteiger partial charge in [-0.05, 0) is 25.8 Å². The van der Waals surface area contributed by atoms with E-state index in [9.17, 15) is 5.11 Å². The van der Waals surface area contributed by atoms with Gasteiger partial charge < -0.3 is 10.4 Å². The van der Waals surface area contributed by atoms with Crippen LogP contribution in [0.4, 0.5) is 5.95 Å². The lowest BCUT2D eigenvalue weighted by Gasteiger charge is -2.08. The number of hydrogen-bond donors (Lipinski definition) is 2. The summed E-state index contributed by atoms with van der Waals surface area (Å²) in [5.74, 6) is 0.633. The van der Waals surface area contributed by atoms with Crippen LogP contribution < -0.4 is 5.32 Å². The van der Waals surface area contributed by atoms with Gasteiger partial charge >= 0.3 is 0 Å². The average Bonchev–Trinajstić information content (AvgIpc) is 2.17. The van der Waals surface area contributed by atoms with E-state index in [1.807, 2.05) is 19.9 Å². The van der Waals surface area contributed by atoms with Gasteiger partial charge in [-0.3, -0.25) is 0 Å². The first-order valence-electron chi connectivity index (χ1n) is 4.94. The van der Waals surface area contributed by atoms with E-state index in [2.05, 4.69) is 15.3 Å². The number of nitrogens with one attached hydrogen (secondary N) is 1. The molecule has 1 aromatic heterocycles. The van der Waals surface area contributed by atoms with Crippen LogP contribution in [0.25, 0.3) is 0 Å². The minimum atomic E-state index is -0.229. The molecule has 1 rings (SSSR count). The maximum Gasteiger partial charge on any atom is 0.222 e. The van der Waals surface area contributed by atoms with E-state index in [1.165, 1.54) is 0 Å². The zero-order chi connectivity index (χ0) is 10.4. The van der Waals surface area contributed by atoms with E-state index in [-0.39, 0.29) is 6.10 Å². The summed E-state index contributed by atoms with van der Waals surface area (Å²) in [6.45, 7) is 4.60. The zero-order valence-electron chi connectivity index (χ0n) is 8.70. The van der Waals surface area contributed by atoms with Gasteiger partial charge in [-0.1, -0.05) is 6.92 Å². The Labute approximate surface area is 84.4 Å². The highest BCUT2D eigenvalue weighted by Crippen LogP contribution is 2.01. The molecule has 0 fully saturated rings. The van der Waals surface area contributed by atoms with Crippen molar-refractivity contribution in [2.45, 2.75) is 32.8 Å². The number of aliphatic hydroxyl groups excluding tert-OH is 1. The summed E-state index contributed by atoms with van der Waals surface area (Å²) in [6.07, 6.45) is 3.01. The Balaban J connectivity index is 2.31. The molecule has 78 valence electrons. The molecule has 0 aromatic carbocycles. The molecule has 1 aromatic rings. The molecule has 0 radical (unpaired) electrons. The molecule has 2 N–H and O–H groups in total.